The first-order valence-corrected chi connectivity index (χ1v) is 6.92. The van der Waals surface area contributed by atoms with Gasteiger partial charge in [-0.3, -0.25) is 0 Å². The summed E-state index contributed by atoms with van der Waals surface area (Å²) in [6, 6.07) is 4.44. The molecule has 0 spiro atoms. The third-order valence-electron chi connectivity index (χ3n) is 2.87. The summed E-state index contributed by atoms with van der Waals surface area (Å²) in [7, 11) is 0. The van der Waals surface area contributed by atoms with Gasteiger partial charge in [0.25, 0.3) is 0 Å². The first-order chi connectivity index (χ1) is 8.29. The summed E-state index contributed by atoms with van der Waals surface area (Å²) in [5.74, 6) is 0. The number of nitrogens with zero attached hydrogens (tertiary/aromatic N) is 1. The van der Waals surface area contributed by atoms with Crippen LogP contribution in [-0.2, 0) is 13.0 Å². The second kappa shape index (κ2) is 6.02. The lowest BCUT2D eigenvalue weighted by molar-refractivity contribution is 0.217. The lowest BCUT2D eigenvalue weighted by Gasteiger charge is -2.13. The average molecular weight is 253 g/mol. The van der Waals surface area contributed by atoms with Crippen LogP contribution >= 0.6 is 11.3 Å². The number of thiophene rings is 1. The minimum atomic E-state index is 0.0659. The van der Waals surface area contributed by atoms with Crippen molar-refractivity contribution >= 4 is 17.4 Å². The summed E-state index contributed by atoms with van der Waals surface area (Å²) in [4.78, 5) is 15.9. The molecule has 1 aromatic rings. The molecule has 17 heavy (non-hydrogen) atoms. The fraction of sp³-hybridized carbons (Fsp3) is 0.583. The number of urea groups is 1. The molecule has 94 valence electrons. The Kier molecular flexibility index (Phi) is 4.39. The molecule has 0 aromatic carbocycles. The predicted molar refractivity (Wildman–Crippen MR) is 70.4 cm³/mol. The van der Waals surface area contributed by atoms with E-state index in [-0.39, 0.29) is 6.03 Å². The Morgan fingerprint density at radius 2 is 2.29 bits per heavy atom. The van der Waals surface area contributed by atoms with Crippen molar-refractivity contribution in [2.24, 2.45) is 0 Å². The molecule has 0 saturated carbocycles. The topological polar surface area (TPSA) is 44.4 Å². The molecule has 1 aliphatic rings. The molecule has 4 nitrogen and oxygen atoms in total. The van der Waals surface area contributed by atoms with Crippen molar-refractivity contribution in [3.8, 4) is 0 Å². The van der Waals surface area contributed by atoms with Crippen LogP contribution in [0, 0.1) is 0 Å². The van der Waals surface area contributed by atoms with Gasteiger partial charge in [0.2, 0.25) is 0 Å². The van der Waals surface area contributed by atoms with Crippen molar-refractivity contribution in [1.29, 1.82) is 0 Å². The molecular weight excluding hydrogens is 234 g/mol. The number of aryl methyl sites for hydroxylation is 1. The molecule has 1 fully saturated rings. The number of hydrogen-bond donors (Lipinski definition) is 2. The molecule has 2 rings (SSSR count). The van der Waals surface area contributed by atoms with Crippen LogP contribution in [0.5, 0.6) is 0 Å². The molecule has 0 bridgehead atoms. The highest BCUT2D eigenvalue weighted by atomic mass is 32.1. The second-order valence-electron chi connectivity index (χ2n) is 4.12. The van der Waals surface area contributed by atoms with Gasteiger partial charge in [-0.25, -0.2) is 4.79 Å². The van der Waals surface area contributed by atoms with Gasteiger partial charge in [-0.2, -0.15) is 0 Å². The summed E-state index contributed by atoms with van der Waals surface area (Å²) < 4.78 is 0. The van der Waals surface area contributed by atoms with E-state index in [1.807, 2.05) is 16.2 Å². The van der Waals surface area contributed by atoms with E-state index in [0.717, 1.165) is 39.1 Å². The van der Waals surface area contributed by atoms with Gasteiger partial charge in [-0.05, 0) is 18.6 Å². The van der Waals surface area contributed by atoms with Crippen molar-refractivity contribution in [2.45, 2.75) is 19.9 Å². The van der Waals surface area contributed by atoms with E-state index in [1.54, 1.807) is 0 Å². The third-order valence-corrected chi connectivity index (χ3v) is 4.10. The Balaban J connectivity index is 1.64. The van der Waals surface area contributed by atoms with E-state index in [0.29, 0.717) is 0 Å². The number of nitrogens with one attached hydrogen (secondary N) is 2. The minimum absolute atomic E-state index is 0.0659. The van der Waals surface area contributed by atoms with E-state index in [1.165, 1.54) is 9.75 Å². The maximum Gasteiger partial charge on any atom is 0.317 e. The van der Waals surface area contributed by atoms with Crippen LogP contribution in [0.2, 0.25) is 0 Å². The van der Waals surface area contributed by atoms with Crippen LogP contribution in [-0.4, -0.2) is 37.1 Å². The zero-order chi connectivity index (χ0) is 12.1. The number of rotatable bonds is 6. The van der Waals surface area contributed by atoms with Gasteiger partial charge in [-0.1, -0.05) is 6.92 Å². The second-order valence-corrected chi connectivity index (χ2v) is 5.37. The first-order valence-electron chi connectivity index (χ1n) is 6.10. The van der Waals surface area contributed by atoms with Crippen molar-refractivity contribution in [1.82, 2.24) is 15.5 Å². The Bertz CT molecular complexity index is 378. The van der Waals surface area contributed by atoms with Gasteiger partial charge < -0.3 is 15.5 Å². The molecule has 1 aliphatic heterocycles. The molecule has 2 heterocycles. The lowest BCUT2D eigenvalue weighted by atomic mass is 10.3. The summed E-state index contributed by atoms with van der Waals surface area (Å²) in [6.07, 6.45) is 1.11. The zero-order valence-electron chi connectivity index (χ0n) is 10.2. The first kappa shape index (κ1) is 12.4. The number of hydrogen-bond acceptors (Lipinski definition) is 3. The molecule has 5 heteroatoms. The van der Waals surface area contributed by atoms with E-state index in [4.69, 9.17) is 0 Å². The minimum Gasteiger partial charge on any atom is -0.336 e. The number of amides is 2. The zero-order valence-corrected chi connectivity index (χ0v) is 11.0. The fourth-order valence-electron chi connectivity index (χ4n) is 1.86. The number of carbonyl (C=O) groups excluding carboxylic acids is 1. The van der Waals surface area contributed by atoms with E-state index in [2.05, 4.69) is 29.7 Å². The van der Waals surface area contributed by atoms with Crippen LogP contribution < -0.4 is 10.6 Å². The summed E-state index contributed by atoms with van der Waals surface area (Å²) >= 11 is 1.86. The Morgan fingerprint density at radius 1 is 1.47 bits per heavy atom. The normalized spacial score (nSPS) is 15.4. The average Bonchev–Trinajstić information content (AvgIpc) is 2.94. The molecule has 2 amide bonds. The van der Waals surface area contributed by atoms with Gasteiger partial charge in [0.1, 0.15) is 0 Å². The predicted octanol–water partition coefficient (Wildman–Crippen LogP) is 1.43. The largest absolute Gasteiger partial charge is 0.336 e. The third kappa shape index (κ3) is 3.44. The molecule has 1 saturated heterocycles. The van der Waals surface area contributed by atoms with Gasteiger partial charge in [0.15, 0.2) is 0 Å². The maximum atomic E-state index is 11.3. The highest BCUT2D eigenvalue weighted by Crippen LogP contribution is 2.16. The van der Waals surface area contributed by atoms with Crippen LogP contribution in [0.3, 0.4) is 0 Å². The Labute approximate surface area is 106 Å². The summed E-state index contributed by atoms with van der Waals surface area (Å²) in [5.41, 5.74) is 0. The molecule has 0 aliphatic carbocycles. The summed E-state index contributed by atoms with van der Waals surface area (Å²) in [5, 5.41) is 6.18. The fourth-order valence-corrected chi connectivity index (χ4v) is 2.78. The lowest BCUT2D eigenvalue weighted by Crippen LogP contribution is -2.34. The monoisotopic (exact) mass is 253 g/mol. The maximum absolute atomic E-state index is 11.3. The van der Waals surface area contributed by atoms with Crippen LogP contribution in [0.4, 0.5) is 4.79 Å². The van der Waals surface area contributed by atoms with Crippen LogP contribution in [0.15, 0.2) is 12.1 Å². The standard InChI is InChI=1S/C12H19N3OS/c1-2-10-3-4-11(17-10)9-13-5-7-15-8-6-14-12(15)16/h3-4,13H,2,5-9H2,1H3,(H,14,16). The number of carbonyl (C=O) groups is 1. The van der Waals surface area contributed by atoms with Crippen LogP contribution in [0.25, 0.3) is 0 Å². The Morgan fingerprint density at radius 3 is 2.94 bits per heavy atom. The van der Waals surface area contributed by atoms with Gasteiger partial charge in [-0.15, -0.1) is 11.3 Å². The molecule has 0 radical (unpaired) electrons. The quantitative estimate of drug-likeness (QED) is 0.753. The SMILES string of the molecule is CCc1ccc(CNCCN2CCNC2=O)s1. The van der Waals surface area contributed by atoms with Gasteiger partial charge in [0.05, 0.1) is 0 Å². The van der Waals surface area contributed by atoms with E-state index < -0.39 is 0 Å². The molecule has 0 unspecified atom stereocenters. The highest BCUT2D eigenvalue weighted by Gasteiger charge is 2.17. The molecular formula is C12H19N3OS. The van der Waals surface area contributed by atoms with Crippen molar-refractivity contribution in [3.05, 3.63) is 21.9 Å². The van der Waals surface area contributed by atoms with Crippen molar-refractivity contribution in [2.75, 3.05) is 26.2 Å². The molecule has 2 N–H and O–H groups in total. The van der Waals surface area contributed by atoms with Gasteiger partial charge >= 0.3 is 6.03 Å². The van der Waals surface area contributed by atoms with E-state index in [9.17, 15) is 4.79 Å². The van der Waals surface area contributed by atoms with Crippen molar-refractivity contribution in [3.63, 3.8) is 0 Å². The Hall–Kier alpha value is -1.07. The highest BCUT2D eigenvalue weighted by molar-refractivity contribution is 7.11. The molecule has 1 aromatic heterocycles. The summed E-state index contributed by atoms with van der Waals surface area (Å²) in [6.45, 7) is 6.34. The van der Waals surface area contributed by atoms with Crippen LogP contribution in [0.1, 0.15) is 16.7 Å². The van der Waals surface area contributed by atoms with Crippen molar-refractivity contribution < 1.29 is 4.79 Å². The molecule has 0 atom stereocenters. The van der Waals surface area contributed by atoms with Gasteiger partial charge in [0, 0.05) is 42.5 Å². The smallest absolute Gasteiger partial charge is 0.317 e. The van der Waals surface area contributed by atoms with E-state index >= 15 is 0 Å².